The molecule has 1 rings (SSSR count). The smallest absolute Gasteiger partial charge is 0.328 e. The van der Waals surface area contributed by atoms with E-state index in [0.29, 0.717) is 19.6 Å². The van der Waals surface area contributed by atoms with Gasteiger partial charge in [-0.25, -0.2) is 13.6 Å². The zero-order chi connectivity index (χ0) is 15.1. The lowest BCUT2D eigenvalue weighted by Gasteiger charge is -2.20. The third kappa shape index (κ3) is 4.62. The average Bonchev–Trinajstić information content (AvgIpc) is 2.36. The monoisotopic (exact) mass is 285 g/mol. The number of carboxylic acid groups (broad SMARTS) is 1. The third-order valence-electron chi connectivity index (χ3n) is 2.68. The number of ether oxygens (including phenoxy) is 1. The first-order valence-electron chi connectivity index (χ1n) is 6.06. The molecule has 0 spiro atoms. The molecule has 0 saturated carbocycles. The lowest BCUT2D eigenvalue weighted by Crippen LogP contribution is -2.22. The second-order valence-corrected chi connectivity index (χ2v) is 4.27. The van der Waals surface area contributed by atoms with Gasteiger partial charge in [-0.3, -0.25) is 0 Å². The zero-order valence-corrected chi connectivity index (χ0v) is 11.4. The van der Waals surface area contributed by atoms with Gasteiger partial charge in [-0.15, -0.1) is 0 Å². The fourth-order valence-electron chi connectivity index (χ4n) is 1.77. The quantitative estimate of drug-likeness (QED) is 0.618. The number of methoxy groups -OCH3 is 1. The van der Waals surface area contributed by atoms with Crippen LogP contribution in [0.4, 0.5) is 14.5 Å². The molecule has 110 valence electrons. The van der Waals surface area contributed by atoms with Crippen LogP contribution in [0.5, 0.6) is 0 Å². The summed E-state index contributed by atoms with van der Waals surface area (Å²) in [5.41, 5.74) is 0.0324. The maximum atomic E-state index is 13.9. The van der Waals surface area contributed by atoms with Crippen molar-refractivity contribution < 1.29 is 23.4 Å². The molecule has 0 fully saturated rings. The number of carboxylic acids is 1. The minimum atomic E-state index is -1.17. The highest BCUT2D eigenvalue weighted by atomic mass is 19.1. The zero-order valence-electron chi connectivity index (χ0n) is 11.4. The SMILES string of the molecule is COCCCN(C)c1c(F)cc(C=CC(=O)O)cc1F. The van der Waals surface area contributed by atoms with Gasteiger partial charge in [-0.05, 0) is 30.2 Å². The molecule has 4 nitrogen and oxygen atoms in total. The van der Waals surface area contributed by atoms with Crippen molar-refractivity contribution in [3.63, 3.8) is 0 Å². The van der Waals surface area contributed by atoms with E-state index in [1.165, 1.54) is 4.90 Å². The van der Waals surface area contributed by atoms with Crippen LogP contribution in [0, 0.1) is 11.6 Å². The minimum Gasteiger partial charge on any atom is -0.478 e. The fraction of sp³-hybridized carbons (Fsp3) is 0.357. The van der Waals surface area contributed by atoms with E-state index in [1.807, 2.05) is 0 Å². The molecule has 0 aliphatic carbocycles. The molecular weight excluding hydrogens is 268 g/mol. The van der Waals surface area contributed by atoms with Crippen LogP contribution >= 0.6 is 0 Å². The average molecular weight is 285 g/mol. The molecule has 1 aromatic carbocycles. The number of anilines is 1. The number of halogens is 2. The van der Waals surface area contributed by atoms with Gasteiger partial charge in [0, 0.05) is 33.4 Å². The van der Waals surface area contributed by atoms with Gasteiger partial charge in [0.1, 0.15) is 17.3 Å². The number of rotatable bonds is 7. The third-order valence-corrected chi connectivity index (χ3v) is 2.68. The van der Waals surface area contributed by atoms with E-state index in [4.69, 9.17) is 9.84 Å². The summed E-state index contributed by atoms with van der Waals surface area (Å²) >= 11 is 0. The summed E-state index contributed by atoms with van der Waals surface area (Å²) in [6, 6.07) is 2.20. The number of carbonyl (C=O) groups is 1. The summed E-state index contributed by atoms with van der Waals surface area (Å²) in [6.07, 6.45) is 2.62. The normalized spacial score (nSPS) is 11.0. The van der Waals surface area contributed by atoms with Gasteiger partial charge in [0.15, 0.2) is 0 Å². The molecule has 1 N–H and O–H groups in total. The molecule has 0 saturated heterocycles. The molecule has 0 unspecified atom stereocenters. The summed E-state index contributed by atoms with van der Waals surface area (Å²) in [6.45, 7) is 0.957. The molecule has 0 radical (unpaired) electrons. The van der Waals surface area contributed by atoms with Crippen molar-refractivity contribution in [2.24, 2.45) is 0 Å². The minimum absolute atomic E-state index is 0.131. The maximum Gasteiger partial charge on any atom is 0.328 e. The summed E-state index contributed by atoms with van der Waals surface area (Å²) in [4.78, 5) is 11.8. The first-order valence-corrected chi connectivity index (χ1v) is 6.06. The van der Waals surface area contributed by atoms with Crippen molar-refractivity contribution in [2.45, 2.75) is 6.42 Å². The lowest BCUT2D eigenvalue weighted by atomic mass is 10.1. The second-order valence-electron chi connectivity index (χ2n) is 4.27. The summed E-state index contributed by atoms with van der Waals surface area (Å²) in [7, 11) is 3.15. The molecule has 0 heterocycles. The van der Waals surface area contributed by atoms with Gasteiger partial charge >= 0.3 is 5.97 Å². The van der Waals surface area contributed by atoms with Crippen molar-refractivity contribution in [3.05, 3.63) is 35.4 Å². The number of hydrogen-bond donors (Lipinski definition) is 1. The first-order chi connectivity index (χ1) is 9.45. The Morgan fingerprint density at radius 1 is 1.40 bits per heavy atom. The van der Waals surface area contributed by atoms with Crippen LogP contribution in [0.25, 0.3) is 6.08 Å². The first kappa shape index (κ1) is 16.1. The predicted molar refractivity (Wildman–Crippen MR) is 72.8 cm³/mol. The van der Waals surface area contributed by atoms with Crippen LogP contribution in [0.2, 0.25) is 0 Å². The van der Waals surface area contributed by atoms with Crippen LogP contribution in [-0.4, -0.2) is 38.4 Å². The van der Waals surface area contributed by atoms with Gasteiger partial charge < -0.3 is 14.7 Å². The fourth-order valence-corrected chi connectivity index (χ4v) is 1.77. The molecule has 0 aliphatic heterocycles. The van der Waals surface area contributed by atoms with Crippen LogP contribution < -0.4 is 4.90 Å². The summed E-state index contributed by atoms with van der Waals surface area (Å²) in [5.74, 6) is -2.63. The molecule has 0 atom stereocenters. The van der Waals surface area contributed by atoms with Crippen molar-refractivity contribution in [3.8, 4) is 0 Å². The Hall–Kier alpha value is -1.95. The van der Waals surface area contributed by atoms with E-state index in [-0.39, 0.29) is 11.3 Å². The summed E-state index contributed by atoms with van der Waals surface area (Å²) < 4.78 is 32.7. The second kappa shape index (κ2) is 7.59. The number of hydrogen-bond acceptors (Lipinski definition) is 3. The molecule has 0 aromatic heterocycles. The Bertz CT molecular complexity index is 480. The van der Waals surface area contributed by atoms with Gasteiger partial charge in [0.2, 0.25) is 0 Å². The highest BCUT2D eigenvalue weighted by molar-refractivity contribution is 5.85. The molecular formula is C14H17F2NO3. The van der Waals surface area contributed by atoms with E-state index in [0.717, 1.165) is 24.3 Å². The van der Waals surface area contributed by atoms with Crippen LogP contribution in [0.15, 0.2) is 18.2 Å². The topological polar surface area (TPSA) is 49.8 Å². The Balaban J connectivity index is 2.91. The van der Waals surface area contributed by atoms with Gasteiger partial charge in [-0.2, -0.15) is 0 Å². The molecule has 20 heavy (non-hydrogen) atoms. The largest absolute Gasteiger partial charge is 0.478 e. The predicted octanol–water partition coefficient (Wildman–Crippen LogP) is 2.54. The highest BCUT2D eigenvalue weighted by Gasteiger charge is 2.14. The highest BCUT2D eigenvalue weighted by Crippen LogP contribution is 2.24. The maximum absolute atomic E-state index is 13.9. The van der Waals surface area contributed by atoms with E-state index in [9.17, 15) is 13.6 Å². The molecule has 6 heteroatoms. The van der Waals surface area contributed by atoms with Crippen LogP contribution in [-0.2, 0) is 9.53 Å². The van der Waals surface area contributed by atoms with Crippen molar-refractivity contribution in [1.29, 1.82) is 0 Å². The number of aliphatic carboxylic acids is 1. The Labute approximate surface area is 116 Å². The summed E-state index contributed by atoms with van der Waals surface area (Å²) in [5, 5.41) is 8.48. The van der Waals surface area contributed by atoms with E-state index >= 15 is 0 Å². The molecule has 0 bridgehead atoms. The number of benzene rings is 1. The van der Waals surface area contributed by atoms with Crippen molar-refractivity contribution in [1.82, 2.24) is 0 Å². The molecule has 0 aliphatic rings. The van der Waals surface area contributed by atoms with E-state index < -0.39 is 17.6 Å². The van der Waals surface area contributed by atoms with Crippen LogP contribution in [0.3, 0.4) is 0 Å². The lowest BCUT2D eigenvalue weighted by molar-refractivity contribution is -0.131. The van der Waals surface area contributed by atoms with Gasteiger partial charge in [-0.1, -0.05) is 0 Å². The standard InChI is InChI=1S/C14H17F2NO3/c1-17(6-3-7-20-2)14-11(15)8-10(9-12(14)16)4-5-13(18)19/h4-5,8-9H,3,6-7H2,1-2H3,(H,18,19). The Morgan fingerprint density at radius 2 is 2.00 bits per heavy atom. The van der Waals surface area contributed by atoms with Crippen molar-refractivity contribution in [2.75, 3.05) is 32.2 Å². The van der Waals surface area contributed by atoms with Crippen LogP contribution in [0.1, 0.15) is 12.0 Å². The van der Waals surface area contributed by atoms with Gasteiger partial charge in [0.05, 0.1) is 0 Å². The molecule has 0 amide bonds. The van der Waals surface area contributed by atoms with Gasteiger partial charge in [0.25, 0.3) is 0 Å². The van der Waals surface area contributed by atoms with Crippen molar-refractivity contribution >= 4 is 17.7 Å². The Morgan fingerprint density at radius 3 is 2.50 bits per heavy atom. The molecule has 1 aromatic rings. The van der Waals surface area contributed by atoms with E-state index in [1.54, 1.807) is 14.2 Å². The Kier molecular flexibility index (Phi) is 6.11. The number of nitrogens with zero attached hydrogens (tertiary/aromatic N) is 1. The van der Waals surface area contributed by atoms with E-state index in [2.05, 4.69) is 0 Å².